The fraction of sp³-hybridized carbons (Fsp3) is 0.522. The van der Waals surface area contributed by atoms with E-state index in [-0.39, 0.29) is 13.2 Å². The smallest absolute Gasteiger partial charge is 0.410 e. The second-order valence-corrected chi connectivity index (χ2v) is 9.58. The molecule has 1 aliphatic heterocycles. The molecule has 1 saturated heterocycles. The van der Waals surface area contributed by atoms with Crippen LogP contribution in [0.2, 0.25) is 0 Å². The number of rotatable bonds is 6. The number of hydrogen-bond acceptors (Lipinski definition) is 5. The molecule has 2 aromatic rings. The molecule has 9 heteroatoms. The third kappa shape index (κ3) is 4.54. The first-order chi connectivity index (χ1) is 15.3. The molecular weight excluding hydrogens is 478 g/mol. The van der Waals surface area contributed by atoms with Crippen LogP contribution in [-0.4, -0.2) is 50.3 Å². The molecule has 1 saturated carbocycles. The average Bonchev–Trinajstić information content (AvgIpc) is 3.29. The number of carbonyl (C=O) groups excluding carboxylic acids is 1. The highest BCUT2D eigenvalue weighted by Crippen LogP contribution is 2.51. The second kappa shape index (κ2) is 9.23. The molecule has 1 aliphatic carbocycles. The fourth-order valence-electron chi connectivity index (χ4n) is 5.18. The van der Waals surface area contributed by atoms with Gasteiger partial charge in [0.1, 0.15) is 29.2 Å². The van der Waals surface area contributed by atoms with Crippen LogP contribution in [0.25, 0.3) is 0 Å². The van der Waals surface area contributed by atoms with E-state index in [1.54, 1.807) is 4.90 Å². The third-order valence-corrected chi connectivity index (χ3v) is 6.92. The van der Waals surface area contributed by atoms with E-state index in [1.165, 1.54) is 0 Å². The Hall–Kier alpha value is -2.39. The van der Waals surface area contributed by atoms with Crippen molar-refractivity contribution in [3.63, 3.8) is 0 Å². The van der Waals surface area contributed by atoms with Gasteiger partial charge in [-0.3, -0.25) is 4.90 Å². The van der Waals surface area contributed by atoms with E-state index in [0.717, 1.165) is 37.7 Å². The lowest BCUT2D eigenvalue weighted by Gasteiger charge is -2.40. The number of imidazole rings is 1. The number of ether oxygens (including phenoxy) is 2. The van der Waals surface area contributed by atoms with E-state index in [4.69, 9.17) is 9.47 Å². The summed E-state index contributed by atoms with van der Waals surface area (Å²) in [6.45, 7) is -0.0815. The summed E-state index contributed by atoms with van der Waals surface area (Å²) < 4.78 is 14.2. The molecule has 8 nitrogen and oxygen atoms in total. The lowest BCUT2D eigenvalue weighted by Crippen LogP contribution is -2.48. The minimum Gasteiger partial charge on any atom is -0.480 e. The second-order valence-electron chi connectivity index (χ2n) is 8.76. The number of aromatic nitrogens is 2. The van der Waals surface area contributed by atoms with E-state index >= 15 is 0 Å². The van der Waals surface area contributed by atoms with Crippen LogP contribution in [0.4, 0.5) is 4.79 Å². The summed E-state index contributed by atoms with van der Waals surface area (Å²) in [5.74, 6) is -0.450. The van der Waals surface area contributed by atoms with Crippen LogP contribution in [0.1, 0.15) is 49.9 Å². The molecule has 1 N–H and O–H groups in total. The van der Waals surface area contributed by atoms with Gasteiger partial charge in [-0.15, -0.1) is 0 Å². The molecular formula is C23H28BrN3O5. The van der Waals surface area contributed by atoms with Crippen LogP contribution >= 0.6 is 15.9 Å². The minimum absolute atomic E-state index is 0.184. The quantitative estimate of drug-likeness (QED) is 0.631. The van der Waals surface area contributed by atoms with Crippen molar-refractivity contribution in [3.05, 3.63) is 52.5 Å². The van der Waals surface area contributed by atoms with Gasteiger partial charge < -0.3 is 19.1 Å². The Bertz CT molecular complexity index is 973. The van der Waals surface area contributed by atoms with Crippen molar-refractivity contribution in [3.8, 4) is 0 Å². The van der Waals surface area contributed by atoms with Gasteiger partial charge in [-0.1, -0.05) is 49.6 Å². The van der Waals surface area contributed by atoms with Crippen molar-refractivity contribution in [2.24, 2.45) is 7.05 Å². The number of aliphatic carboxylic acids is 1. The molecule has 1 unspecified atom stereocenters. The summed E-state index contributed by atoms with van der Waals surface area (Å²) in [5, 5.41) is 9.33. The van der Waals surface area contributed by atoms with Crippen LogP contribution in [0, 0.1) is 0 Å². The Labute approximate surface area is 195 Å². The summed E-state index contributed by atoms with van der Waals surface area (Å²) in [5.41, 5.74) is -0.551. The van der Waals surface area contributed by atoms with Crippen molar-refractivity contribution < 1.29 is 24.2 Å². The average molecular weight is 506 g/mol. The van der Waals surface area contributed by atoms with Gasteiger partial charge in [-0.2, -0.15) is 0 Å². The fourth-order valence-corrected chi connectivity index (χ4v) is 5.66. The Balaban J connectivity index is 1.65. The Morgan fingerprint density at radius 1 is 1.19 bits per heavy atom. The number of carboxylic acids is 1. The van der Waals surface area contributed by atoms with Crippen molar-refractivity contribution >= 4 is 28.0 Å². The topological polar surface area (TPSA) is 93.9 Å². The lowest BCUT2D eigenvalue weighted by atomic mass is 9.77. The standard InChI is InChI=1S/C23H28BrN3O5/c1-26-12-18(24)25-20(26)23(32-14-19(28)29)15-22(10-6-3-7-11-22)27(16-23)21(30)31-13-17-8-4-2-5-9-17/h2,4-5,8-9,12H,3,6-7,10-11,13-16H2,1H3,(H,28,29). The largest absolute Gasteiger partial charge is 0.480 e. The summed E-state index contributed by atoms with van der Waals surface area (Å²) in [7, 11) is 1.85. The van der Waals surface area contributed by atoms with Crippen molar-refractivity contribution in [1.29, 1.82) is 0 Å². The first-order valence-electron chi connectivity index (χ1n) is 10.9. The first-order valence-corrected chi connectivity index (χ1v) is 11.7. The molecule has 2 aliphatic rings. The third-order valence-electron chi connectivity index (χ3n) is 6.54. The van der Waals surface area contributed by atoms with E-state index in [0.29, 0.717) is 16.8 Å². The lowest BCUT2D eigenvalue weighted by molar-refractivity contribution is -0.150. The van der Waals surface area contributed by atoms with Crippen LogP contribution in [0.5, 0.6) is 0 Å². The van der Waals surface area contributed by atoms with Crippen LogP contribution in [0.3, 0.4) is 0 Å². The predicted octanol–water partition coefficient (Wildman–Crippen LogP) is 4.22. The number of likely N-dealkylation sites (tertiary alicyclic amines) is 1. The molecule has 2 heterocycles. The molecule has 0 bridgehead atoms. The summed E-state index contributed by atoms with van der Waals surface area (Å²) in [6.07, 6.45) is 6.68. The van der Waals surface area contributed by atoms with Gasteiger partial charge in [0.15, 0.2) is 0 Å². The highest BCUT2D eigenvalue weighted by molar-refractivity contribution is 9.10. The number of aryl methyl sites for hydroxylation is 1. The van der Waals surface area contributed by atoms with Crippen LogP contribution in [0.15, 0.2) is 41.1 Å². The van der Waals surface area contributed by atoms with E-state index < -0.39 is 29.8 Å². The molecule has 2 fully saturated rings. The Morgan fingerprint density at radius 3 is 2.53 bits per heavy atom. The molecule has 4 rings (SSSR count). The zero-order chi connectivity index (χ0) is 22.8. The van der Waals surface area contributed by atoms with E-state index in [1.807, 2.05) is 48.1 Å². The van der Waals surface area contributed by atoms with Gasteiger partial charge in [0, 0.05) is 25.2 Å². The highest BCUT2D eigenvalue weighted by atomic mass is 79.9. The number of nitrogens with zero attached hydrogens (tertiary/aromatic N) is 3. The van der Waals surface area contributed by atoms with Crippen LogP contribution < -0.4 is 0 Å². The number of carbonyl (C=O) groups is 2. The molecule has 1 aromatic heterocycles. The van der Waals surface area contributed by atoms with Gasteiger partial charge >= 0.3 is 12.1 Å². The number of amides is 1. The maximum Gasteiger partial charge on any atom is 0.410 e. The van der Waals surface area contributed by atoms with Crippen LogP contribution in [-0.2, 0) is 33.5 Å². The Kier molecular flexibility index (Phi) is 6.57. The van der Waals surface area contributed by atoms with Crippen molar-refractivity contribution in [2.75, 3.05) is 13.2 Å². The first kappa shape index (κ1) is 22.8. The Morgan fingerprint density at radius 2 is 1.91 bits per heavy atom. The summed E-state index contributed by atoms with van der Waals surface area (Å²) in [4.78, 5) is 31.1. The maximum absolute atomic E-state index is 13.3. The van der Waals surface area contributed by atoms with Gasteiger partial charge in [-0.05, 0) is 34.3 Å². The van der Waals surface area contributed by atoms with Crippen molar-refractivity contribution in [2.45, 2.75) is 56.3 Å². The monoisotopic (exact) mass is 505 g/mol. The van der Waals surface area contributed by atoms with E-state index in [2.05, 4.69) is 20.9 Å². The zero-order valence-electron chi connectivity index (χ0n) is 18.1. The van der Waals surface area contributed by atoms with Gasteiger partial charge in [0.25, 0.3) is 0 Å². The van der Waals surface area contributed by atoms with Gasteiger partial charge in [0.2, 0.25) is 0 Å². The summed E-state index contributed by atoms with van der Waals surface area (Å²) >= 11 is 3.41. The van der Waals surface area contributed by atoms with Gasteiger partial charge in [-0.25, -0.2) is 14.6 Å². The molecule has 32 heavy (non-hydrogen) atoms. The number of carboxylic acid groups (broad SMARTS) is 1. The maximum atomic E-state index is 13.3. The molecule has 0 radical (unpaired) electrons. The highest BCUT2D eigenvalue weighted by Gasteiger charge is 2.59. The normalized spacial score (nSPS) is 22.2. The molecule has 1 aromatic carbocycles. The molecule has 1 atom stereocenters. The number of hydrogen-bond donors (Lipinski definition) is 1. The SMILES string of the molecule is Cn1cc(Br)nc1C1(OCC(=O)O)CN(C(=O)OCc2ccccc2)C2(CCCCC2)C1. The summed E-state index contributed by atoms with van der Waals surface area (Å²) in [6, 6.07) is 9.57. The predicted molar refractivity (Wildman–Crippen MR) is 120 cm³/mol. The van der Waals surface area contributed by atoms with Crippen molar-refractivity contribution in [1.82, 2.24) is 14.5 Å². The molecule has 1 spiro atoms. The number of halogens is 1. The number of benzene rings is 1. The minimum atomic E-state index is -1.06. The van der Waals surface area contributed by atoms with Gasteiger partial charge in [0.05, 0.1) is 6.54 Å². The van der Waals surface area contributed by atoms with E-state index in [9.17, 15) is 14.7 Å². The molecule has 172 valence electrons. The molecule has 1 amide bonds. The zero-order valence-corrected chi connectivity index (χ0v) is 19.7.